The Balaban J connectivity index is 1.82. The van der Waals surface area contributed by atoms with Crippen molar-refractivity contribution >= 4 is 51.4 Å². The number of benzene rings is 1. The largest absolute Gasteiger partial charge is 0.348 e. The van der Waals surface area contributed by atoms with E-state index < -0.39 is 0 Å². The Kier molecular flexibility index (Phi) is 5.88. The van der Waals surface area contributed by atoms with Crippen LogP contribution in [0.5, 0.6) is 0 Å². The molecule has 9 heteroatoms. The van der Waals surface area contributed by atoms with Gasteiger partial charge in [0, 0.05) is 11.6 Å². The number of halogens is 1. The molecule has 0 aliphatic rings. The van der Waals surface area contributed by atoms with Crippen LogP contribution in [0.15, 0.2) is 48.0 Å². The molecule has 0 fully saturated rings. The van der Waals surface area contributed by atoms with Crippen LogP contribution < -0.4 is 10.9 Å². The van der Waals surface area contributed by atoms with Crippen molar-refractivity contribution in [2.45, 2.75) is 26.1 Å². The summed E-state index contributed by atoms with van der Waals surface area (Å²) < 4.78 is 3.99. The summed E-state index contributed by atoms with van der Waals surface area (Å²) in [5.74, 6) is -0.306. The van der Waals surface area contributed by atoms with Gasteiger partial charge < -0.3 is 9.88 Å². The van der Waals surface area contributed by atoms with Gasteiger partial charge in [-0.25, -0.2) is 4.98 Å². The quantitative estimate of drug-likeness (QED) is 0.487. The van der Waals surface area contributed by atoms with E-state index in [1.54, 1.807) is 16.7 Å². The first-order valence-corrected chi connectivity index (χ1v) is 9.76. The maximum Gasteiger partial charge on any atom is 0.273 e. The zero-order chi connectivity index (χ0) is 19.6. The number of rotatable bonds is 6. The Morgan fingerprint density at radius 2 is 2.22 bits per heavy atom. The first-order chi connectivity index (χ1) is 12.9. The molecule has 2 aromatic heterocycles. The van der Waals surface area contributed by atoms with E-state index in [-0.39, 0.29) is 24.1 Å². The van der Waals surface area contributed by atoms with Crippen molar-refractivity contribution in [3.05, 3.63) is 68.1 Å². The molecule has 0 saturated heterocycles. The van der Waals surface area contributed by atoms with Crippen LogP contribution >= 0.6 is 35.2 Å². The highest BCUT2D eigenvalue weighted by Gasteiger charge is 2.16. The summed E-state index contributed by atoms with van der Waals surface area (Å²) in [7, 11) is 0. The van der Waals surface area contributed by atoms with Crippen LogP contribution in [0.1, 0.15) is 18.5 Å². The van der Waals surface area contributed by atoms with Crippen molar-refractivity contribution < 1.29 is 4.79 Å². The molecule has 0 aliphatic carbocycles. The molecule has 0 radical (unpaired) electrons. The van der Waals surface area contributed by atoms with E-state index in [9.17, 15) is 9.59 Å². The fourth-order valence-electron chi connectivity index (χ4n) is 2.72. The molecule has 0 spiro atoms. The Hall–Kier alpha value is -2.29. The summed E-state index contributed by atoms with van der Waals surface area (Å²) >= 11 is 12.6. The molecular weight excluding hydrogens is 404 g/mol. The molecule has 3 aromatic rings. The highest BCUT2D eigenvalue weighted by molar-refractivity contribution is 7.73. The Labute approximate surface area is 169 Å². The molecule has 1 atom stereocenters. The molecule has 1 amide bonds. The van der Waals surface area contributed by atoms with E-state index >= 15 is 0 Å². The number of hydrogen-bond acceptors (Lipinski definition) is 5. The molecule has 0 bridgehead atoms. The number of thiazole rings is 1. The number of carbonyl (C=O) groups is 1. The Bertz CT molecular complexity index is 1130. The molecule has 1 N–H and O–H groups in total. The van der Waals surface area contributed by atoms with Crippen LogP contribution in [0.2, 0.25) is 5.02 Å². The van der Waals surface area contributed by atoms with Gasteiger partial charge in [-0.2, -0.15) is 0 Å². The molecule has 0 saturated carbocycles. The van der Waals surface area contributed by atoms with Crippen LogP contribution in [0, 0.1) is 3.95 Å². The minimum absolute atomic E-state index is 0.136. The first kappa shape index (κ1) is 19.5. The smallest absolute Gasteiger partial charge is 0.273 e. The second-order valence-electron chi connectivity index (χ2n) is 5.91. The number of allylic oxidation sites excluding steroid dienone is 1. The first-order valence-electron chi connectivity index (χ1n) is 8.15. The normalized spacial score (nSPS) is 12.1. The minimum atomic E-state index is -0.306. The van der Waals surface area contributed by atoms with Gasteiger partial charge in [-0.1, -0.05) is 47.2 Å². The van der Waals surface area contributed by atoms with Crippen LogP contribution in [-0.4, -0.2) is 20.0 Å². The van der Waals surface area contributed by atoms with Crippen molar-refractivity contribution in [3.8, 4) is 0 Å². The molecule has 0 aliphatic heterocycles. The lowest BCUT2D eigenvalue weighted by atomic mass is 10.1. The zero-order valence-electron chi connectivity index (χ0n) is 14.5. The van der Waals surface area contributed by atoms with Crippen molar-refractivity contribution in [1.29, 1.82) is 0 Å². The fourth-order valence-corrected chi connectivity index (χ4v) is 4.34. The highest BCUT2D eigenvalue weighted by atomic mass is 35.5. The maximum absolute atomic E-state index is 12.7. The third-order valence-electron chi connectivity index (χ3n) is 4.02. The van der Waals surface area contributed by atoms with Gasteiger partial charge in [0.1, 0.15) is 17.6 Å². The third kappa shape index (κ3) is 4.02. The monoisotopic (exact) mass is 420 g/mol. The van der Waals surface area contributed by atoms with Crippen molar-refractivity contribution in [2.75, 3.05) is 0 Å². The average molecular weight is 421 g/mol. The number of nitrogens with zero attached hydrogens (tertiary/aromatic N) is 3. The number of fused-ring (bicyclic) bond motifs is 1. The van der Waals surface area contributed by atoms with Gasteiger partial charge in [0.2, 0.25) is 5.91 Å². The van der Waals surface area contributed by atoms with Gasteiger partial charge in [-0.3, -0.25) is 14.2 Å². The van der Waals surface area contributed by atoms with Crippen LogP contribution in [0.3, 0.4) is 0 Å². The van der Waals surface area contributed by atoms with E-state index in [4.69, 9.17) is 23.8 Å². The molecule has 1 aromatic carbocycles. The van der Waals surface area contributed by atoms with E-state index in [0.717, 1.165) is 5.56 Å². The second kappa shape index (κ2) is 8.16. The van der Waals surface area contributed by atoms with Crippen LogP contribution in [-0.2, 0) is 17.9 Å². The average Bonchev–Trinajstić information content (AvgIpc) is 2.95. The lowest BCUT2D eigenvalue weighted by Gasteiger charge is -2.16. The SMILES string of the molecule is C=CCn1c(=S)sc2c(=O)n(CC(=O)NC(C)c3ccccc3Cl)cnc21. The molecule has 140 valence electrons. The maximum atomic E-state index is 12.7. The minimum Gasteiger partial charge on any atom is -0.348 e. The number of amides is 1. The zero-order valence-corrected chi connectivity index (χ0v) is 16.9. The van der Waals surface area contributed by atoms with Crippen molar-refractivity contribution in [3.63, 3.8) is 0 Å². The second-order valence-corrected chi connectivity index (χ2v) is 7.96. The molecule has 2 heterocycles. The van der Waals surface area contributed by atoms with E-state index in [2.05, 4.69) is 16.9 Å². The van der Waals surface area contributed by atoms with Gasteiger partial charge in [0.05, 0.1) is 6.04 Å². The van der Waals surface area contributed by atoms with Gasteiger partial charge >= 0.3 is 0 Å². The highest BCUT2D eigenvalue weighted by Crippen LogP contribution is 2.22. The van der Waals surface area contributed by atoms with Crippen LogP contribution in [0.25, 0.3) is 10.3 Å². The summed E-state index contributed by atoms with van der Waals surface area (Å²) in [6.07, 6.45) is 3.06. The van der Waals surface area contributed by atoms with Gasteiger partial charge in [-0.05, 0) is 30.8 Å². The lowest BCUT2D eigenvalue weighted by Crippen LogP contribution is -2.34. The van der Waals surface area contributed by atoms with Gasteiger partial charge in [-0.15, -0.1) is 6.58 Å². The molecular formula is C18H17ClN4O2S2. The van der Waals surface area contributed by atoms with E-state index in [1.807, 2.05) is 25.1 Å². The summed E-state index contributed by atoms with van der Waals surface area (Å²) in [5.41, 5.74) is 1.03. The number of nitrogens with one attached hydrogen (secondary N) is 1. The molecule has 1 unspecified atom stereocenters. The summed E-state index contributed by atoms with van der Waals surface area (Å²) in [4.78, 5) is 29.4. The Morgan fingerprint density at radius 1 is 1.48 bits per heavy atom. The number of aromatic nitrogens is 3. The van der Waals surface area contributed by atoms with Crippen molar-refractivity contribution in [1.82, 2.24) is 19.4 Å². The van der Waals surface area contributed by atoms with E-state index in [1.165, 1.54) is 22.2 Å². The molecule has 3 rings (SSSR count). The summed E-state index contributed by atoms with van der Waals surface area (Å²) in [6, 6.07) is 7.02. The molecule has 27 heavy (non-hydrogen) atoms. The standard InChI is InChI=1S/C18H17ClN4O2S2/c1-3-8-23-16-15(27-18(23)26)17(25)22(10-20-16)9-14(24)21-11(2)12-6-4-5-7-13(12)19/h3-7,10-11H,1,8-9H2,2H3,(H,21,24). The number of hydrogen-bond donors (Lipinski definition) is 1. The fraction of sp³-hybridized carbons (Fsp3) is 0.222. The number of carbonyl (C=O) groups excluding carboxylic acids is 1. The predicted octanol–water partition coefficient (Wildman–Crippen LogP) is 3.71. The van der Waals surface area contributed by atoms with E-state index in [0.29, 0.717) is 25.9 Å². The van der Waals surface area contributed by atoms with Crippen LogP contribution in [0.4, 0.5) is 0 Å². The topological polar surface area (TPSA) is 68.9 Å². The molecule has 6 nitrogen and oxygen atoms in total. The Morgan fingerprint density at radius 3 is 2.93 bits per heavy atom. The summed E-state index contributed by atoms with van der Waals surface area (Å²) in [5, 5.41) is 3.43. The summed E-state index contributed by atoms with van der Waals surface area (Å²) in [6.45, 7) is 5.86. The van der Waals surface area contributed by atoms with Gasteiger partial charge in [0.25, 0.3) is 5.56 Å². The predicted molar refractivity (Wildman–Crippen MR) is 111 cm³/mol. The van der Waals surface area contributed by atoms with Crippen molar-refractivity contribution in [2.24, 2.45) is 0 Å². The van der Waals surface area contributed by atoms with Gasteiger partial charge in [0.15, 0.2) is 9.60 Å². The third-order valence-corrected chi connectivity index (χ3v) is 5.79. The lowest BCUT2D eigenvalue weighted by molar-refractivity contribution is -0.122.